The van der Waals surface area contributed by atoms with Crippen molar-refractivity contribution in [3.05, 3.63) is 35.9 Å². The second kappa shape index (κ2) is 14.2. The lowest BCUT2D eigenvalue weighted by atomic mass is 10.1. The van der Waals surface area contributed by atoms with Gasteiger partial charge in [0.1, 0.15) is 12.6 Å². The number of benzene rings is 1. The van der Waals surface area contributed by atoms with Gasteiger partial charge in [-0.3, -0.25) is 14.5 Å². The van der Waals surface area contributed by atoms with Crippen molar-refractivity contribution in [2.75, 3.05) is 37.7 Å². The fourth-order valence-electron chi connectivity index (χ4n) is 3.30. The van der Waals surface area contributed by atoms with Crippen LogP contribution in [-0.2, 0) is 20.9 Å². The van der Waals surface area contributed by atoms with Gasteiger partial charge < -0.3 is 21.1 Å². The summed E-state index contributed by atoms with van der Waals surface area (Å²) in [4.78, 5) is 41.0. The van der Waals surface area contributed by atoms with Crippen LogP contribution in [0.3, 0.4) is 0 Å². The van der Waals surface area contributed by atoms with Crippen molar-refractivity contribution >= 4 is 39.5 Å². The Bertz CT molecular complexity index is 708. The van der Waals surface area contributed by atoms with E-state index in [4.69, 9.17) is 16.2 Å². The first-order valence-electron chi connectivity index (χ1n) is 10.5. The largest absolute Gasteiger partial charge is 0.445 e. The normalized spacial score (nSPS) is 18.4. The summed E-state index contributed by atoms with van der Waals surface area (Å²) in [5.74, 6) is 0.712. The van der Waals surface area contributed by atoms with E-state index < -0.39 is 18.0 Å². The van der Waals surface area contributed by atoms with E-state index in [1.807, 2.05) is 30.3 Å². The van der Waals surface area contributed by atoms with Crippen LogP contribution in [0.15, 0.2) is 30.3 Å². The first-order valence-corrected chi connectivity index (χ1v) is 13.0. The molecule has 1 aliphatic heterocycles. The molecule has 1 heterocycles. The van der Waals surface area contributed by atoms with Gasteiger partial charge in [0.25, 0.3) is 0 Å². The van der Waals surface area contributed by atoms with E-state index in [0.29, 0.717) is 38.2 Å². The topological polar surface area (TPSA) is 119 Å². The Balaban J connectivity index is 2.22. The molecule has 1 aliphatic rings. The Labute approximate surface area is 191 Å². The molecule has 2 rings (SSSR count). The molecule has 0 radical (unpaired) electrons. The van der Waals surface area contributed by atoms with Gasteiger partial charge in [0.05, 0.1) is 6.54 Å². The number of hydrogen-bond acceptors (Lipinski definition) is 7. The summed E-state index contributed by atoms with van der Waals surface area (Å²) in [6.07, 6.45) is 2.13. The Kier molecular flexibility index (Phi) is 11.6. The number of amides is 3. The van der Waals surface area contributed by atoms with Crippen LogP contribution in [0.2, 0.25) is 0 Å². The predicted octanol–water partition coefficient (Wildman–Crippen LogP) is 2.22. The van der Waals surface area contributed by atoms with E-state index >= 15 is 0 Å². The smallest absolute Gasteiger partial charge is 0.410 e. The Hall–Kier alpha value is -1.91. The number of carbonyl (C=O) groups excluding carboxylic acids is 3. The van der Waals surface area contributed by atoms with Gasteiger partial charge in [-0.2, -0.15) is 0 Å². The zero-order chi connectivity index (χ0) is 22.5. The van der Waals surface area contributed by atoms with Crippen molar-refractivity contribution in [2.24, 2.45) is 11.5 Å². The highest BCUT2D eigenvalue weighted by Crippen LogP contribution is 2.24. The molecule has 3 amide bonds. The number of nitrogens with two attached hydrogens (primary N) is 2. The van der Waals surface area contributed by atoms with Crippen molar-refractivity contribution in [1.82, 2.24) is 9.80 Å². The zero-order valence-electron chi connectivity index (χ0n) is 17.7. The number of ether oxygens (including phenoxy) is 1. The third-order valence-electron chi connectivity index (χ3n) is 4.85. The van der Waals surface area contributed by atoms with Gasteiger partial charge >= 0.3 is 6.09 Å². The highest BCUT2D eigenvalue weighted by molar-refractivity contribution is 8.76. The summed E-state index contributed by atoms with van der Waals surface area (Å²) in [7, 11) is 3.35. The van der Waals surface area contributed by atoms with Gasteiger partial charge in [-0.15, -0.1) is 0 Å². The predicted molar refractivity (Wildman–Crippen MR) is 125 cm³/mol. The number of unbranched alkanes of at least 4 members (excludes halogenated alkanes) is 1. The average Bonchev–Trinajstić information content (AvgIpc) is 2.79. The molecule has 1 atom stereocenters. The minimum atomic E-state index is -0.706. The first kappa shape index (κ1) is 25.4. The molecule has 172 valence electrons. The lowest BCUT2D eigenvalue weighted by Crippen LogP contribution is -2.53. The second-order valence-corrected chi connectivity index (χ2v) is 9.96. The van der Waals surface area contributed by atoms with Crippen molar-refractivity contribution in [1.29, 1.82) is 0 Å². The minimum absolute atomic E-state index is 0.134. The second-order valence-electron chi connectivity index (χ2n) is 7.26. The molecule has 31 heavy (non-hydrogen) atoms. The van der Waals surface area contributed by atoms with E-state index in [2.05, 4.69) is 0 Å². The zero-order valence-corrected chi connectivity index (χ0v) is 19.4. The summed E-state index contributed by atoms with van der Waals surface area (Å²) < 4.78 is 5.56. The molecule has 0 aliphatic carbocycles. The Morgan fingerprint density at radius 3 is 2.55 bits per heavy atom. The first-order chi connectivity index (χ1) is 15.0. The molecule has 10 heteroatoms. The van der Waals surface area contributed by atoms with E-state index in [9.17, 15) is 14.4 Å². The van der Waals surface area contributed by atoms with Crippen LogP contribution in [0.25, 0.3) is 0 Å². The van der Waals surface area contributed by atoms with E-state index in [1.165, 1.54) is 9.80 Å². The summed E-state index contributed by atoms with van der Waals surface area (Å²) in [5.41, 5.74) is 11.9. The Morgan fingerprint density at radius 2 is 1.84 bits per heavy atom. The molecule has 1 saturated heterocycles. The molecule has 0 aromatic heterocycles. The van der Waals surface area contributed by atoms with Gasteiger partial charge in [-0.05, 0) is 37.8 Å². The maximum atomic E-state index is 13.4. The quantitative estimate of drug-likeness (QED) is 0.443. The fourth-order valence-corrected chi connectivity index (χ4v) is 5.36. The number of rotatable bonds is 8. The molecule has 0 saturated carbocycles. The minimum Gasteiger partial charge on any atom is -0.445 e. The lowest BCUT2D eigenvalue weighted by Gasteiger charge is -2.33. The van der Waals surface area contributed by atoms with Crippen molar-refractivity contribution in [2.45, 2.75) is 38.3 Å². The van der Waals surface area contributed by atoms with Crippen molar-refractivity contribution < 1.29 is 19.1 Å². The number of nitrogens with zero attached hydrogens (tertiary/aromatic N) is 2. The molecule has 1 aromatic carbocycles. The molecule has 4 N–H and O–H groups in total. The van der Waals surface area contributed by atoms with E-state index in [0.717, 1.165) is 24.2 Å². The molecule has 0 spiro atoms. The molecule has 1 aromatic rings. The number of primary amides is 1. The van der Waals surface area contributed by atoms with E-state index in [-0.39, 0.29) is 19.1 Å². The number of hydrogen-bond donors (Lipinski definition) is 2. The van der Waals surface area contributed by atoms with Gasteiger partial charge in [0, 0.05) is 24.6 Å². The highest BCUT2D eigenvalue weighted by atomic mass is 33.1. The average molecular weight is 469 g/mol. The van der Waals surface area contributed by atoms with Crippen molar-refractivity contribution in [3.63, 3.8) is 0 Å². The van der Waals surface area contributed by atoms with Crippen LogP contribution >= 0.6 is 21.6 Å². The van der Waals surface area contributed by atoms with Gasteiger partial charge in [0.2, 0.25) is 11.8 Å². The van der Waals surface area contributed by atoms with E-state index in [1.54, 1.807) is 21.6 Å². The van der Waals surface area contributed by atoms with Crippen molar-refractivity contribution in [3.8, 4) is 0 Å². The van der Waals surface area contributed by atoms with Crippen LogP contribution < -0.4 is 11.5 Å². The maximum Gasteiger partial charge on any atom is 0.410 e. The van der Waals surface area contributed by atoms with Crippen LogP contribution in [0.1, 0.15) is 31.2 Å². The number of carbonyl (C=O) groups is 3. The summed E-state index contributed by atoms with van der Waals surface area (Å²) in [5, 5.41) is 0. The molecule has 1 fully saturated rings. The summed E-state index contributed by atoms with van der Waals surface area (Å²) in [6.45, 7) is 1.29. The van der Waals surface area contributed by atoms with Gasteiger partial charge in [-0.1, -0.05) is 51.9 Å². The van der Waals surface area contributed by atoms with Gasteiger partial charge in [0.15, 0.2) is 0 Å². The fraction of sp³-hybridized carbons (Fsp3) is 0.571. The van der Waals surface area contributed by atoms with Crippen LogP contribution in [0.5, 0.6) is 0 Å². The third kappa shape index (κ3) is 9.00. The highest BCUT2D eigenvalue weighted by Gasteiger charge is 2.34. The summed E-state index contributed by atoms with van der Waals surface area (Å²) in [6, 6.07) is 8.72. The standard InChI is InChI=1S/C21H32N4O4S2/c22-10-5-4-9-18-20(27)24(15-19(23)26)12-14-31-30-13-6-11-25(18)21(28)29-16-17-7-2-1-3-8-17/h1-3,7-8,18H,4-6,9-16,22H2,(H2,23,26). The van der Waals surface area contributed by atoms with Crippen LogP contribution in [-0.4, -0.2) is 71.4 Å². The summed E-state index contributed by atoms with van der Waals surface area (Å²) >= 11 is 0. The molecular formula is C21H32N4O4S2. The SMILES string of the molecule is NCCCCC1C(=O)N(CC(N)=O)CCSSCCCN1C(=O)OCc1ccccc1. The Morgan fingerprint density at radius 1 is 1.10 bits per heavy atom. The van der Waals surface area contributed by atoms with Gasteiger partial charge in [-0.25, -0.2) is 4.79 Å². The molecular weight excluding hydrogens is 436 g/mol. The molecule has 1 unspecified atom stereocenters. The van der Waals surface area contributed by atoms with Crippen LogP contribution in [0.4, 0.5) is 4.79 Å². The monoisotopic (exact) mass is 468 g/mol. The lowest BCUT2D eigenvalue weighted by molar-refractivity contribution is -0.139. The maximum absolute atomic E-state index is 13.4. The van der Waals surface area contributed by atoms with Crippen LogP contribution in [0, 0.1) is 0 Å². The molecule has 0 bridgehead atoms. The molecule has 8 nitrogen and oxygen atoms in total. The third-order valence-corrected chi connectivity index (χ3v) is 7.32.